The maximum absolute atomic E-state index is 13.7. The third-order valence-corrected chi connectivity index (χ3v) is 5.66. The molecule has 0 spiro atoms. The van der Waals surface area contributed by atoms with Crippen molar-refractivity contribution in [3.63, 3.8) is 0 Å². The van der Waals surface area contributed by atoms with Crippen molar-refractivity contribution in [1.29, 1.82) is 0 Å². The van der Waals surface area contributed by atoms with E-state index in [1.54, 1.807) is 0 Å². The van der Waals surface area contributed by atoms with Gasteiger partial charge in [-0.25, -0.2) is 17.2 Å². The molecule has 0 bridgehead atoms. The summed E-state index contributed by atoms with van der Waals surface area (Å²) in [6, 6.07) is 7.11. The molecule has 0 atom stereocenters. The first-order chi connectivity index (χ1) is 13.1. The predicted molar refractivity (Wildman–Crippen MR) is 98.4 cm³/mol. The molecule has 3 rings (SSSR count). The minimum absolute atomic E-state index is 0.0189. The van der Waals surface area contributed by atoms with E-state index >= 15 is 0 Å². The minimum Gasteiger partial charge on any atom is -0.487 e. The molecule has 0 radical (unpaired) electrons. The van der Waals surface area contributed by atoms with Gasteiger partial charge >= 0.3 is 0 Å². The Bertz CT molecular complexity index is 1010. The molecule has 1 fully saturated rings. The SMILES string of the molecule is CS(=O)(=O)c1cc(N2CCC(Oc3ccc(F)cc3F)CC2)ccc1[N+](=O)[O-]. The molecule has 1 aliphatic rings. The predicted octanol–water partition coefficient (Wildman–Crippen LogP) is 3.32. The summed E-state index contributed by atoms with van der Waals surface area (Å²) in [6.45, 7) is 0.989. The summed E-state index contributed by atoms with van der Waals surface area (Å²) < 4.78 is 56.1. The first-order valence-corrected chi connectivity index (χ1v) is 10.4. The highest BCUT2D eigenvalue weighted by atomic mass is 32.2. The molecule has 2 aromatic rings. The molecule has 1 saturated heterocycles. The number of halogens is 2. The molecule has 0 amide bonds. The maximum Gasteiger partial charge on any atom is 0.288 e. The van der Waals surface area contributed by atoms with E-state index in [2.05, 4.69) is 0 Å². The van der Waals surface area contributed by atoms with Crippen LogP contribution in [-0.4, -0.2) is 38.8 Å². The van der Waals surface area contributed by atoms with E-state index in [1.165, 1.54) is 24.3 Å². The van der Waals surface area contributed by atoms with E-state index in [1.807, 2.05) is 4.90 Å². The molecule has 0 saturated carbocycles. The summed E-state index contributed by atoms with van der Waals surface area (Å²) >= 11 is 0. The topological polar surface area (TPSA) is 89.8 Å². The van der Waals surface area contributed by atoms with Gasteiger partial charge in [-0.3, -0.25) is 10.1 Å². The van der Waals surface area contributed by atoms with Crippen LogP contribution in [-0.2, 0) is 9.84 Å². The van der Waals surface area contributed by atoms with Crippen LogP contribution in [0.4, 0.5) is 20.2 Å². The van der Waals surface area contributed by atoms with E-state index in [9.17, 15) is 27.3 Å². The fraction of sp³-hybridized carbons (Fsp3) is 0.333. The van der Waals surface area contributed by atoms with Gasteiger partial charge in [-0.15, -0.1) is 0 Å². The average Bonchev–Trinajstić information content (AvgIpc) is 2.63. The van der Waals surface area contributed by atoms with Gasteiger partial charge in [0.1, 0.15) is 16.8 Å². The molecule has 1 heterocycles. The first kappa shape index (κ1) is 20.0. The van der Waals surface area contributed by atoms with Crippen LogP contribution in [0.25, 0.3) is 0 Å². The molecule has 28 heavy (non-hydrogen) atoms. The molecule has 150 valence electrons. The van der Waals surface area contributed by atoms with Crippen molar-refractivity contribution in [2.75, 3.05) is 24.2 Å². The summed E-state index contributed by atoms with van der Waals surface area (Å²) in [7, 11) is -3.76. The van der Waals surface area contributed by atoms with Crippen molar-refractivity contribution in [3.8, 4) is 5.75 Å². The van der Waals surface area contributed by atoms with E-state index < -0.39 is 32.1 Å². The molecule has 0 aliphatic carbocycles. The Kier molecular flexibility index (Phi) is 5.50. The molecule has 0 unspecified atom stereocenters. The lowest BCUT2D eigenvalue weighted by molar-refractivity contribution is -0.387. The van der Waals surface area contributed by atoms with Crippen molar-refractivity contribution >= 4 is 21.2 Å². The Labute approximate surface area is 160 Å². The van der Waals surface area contributed by atoms with E-state index in [0.717, 1.165) is 18.4 Å². The fourth-order valence-electron chi connectivity index (χ4n) is 3.13. The number of anilines is 1. The quantitative estimate of drug-likeness (QED) is 0.553. The number of benzene rings is 2. The highest BCUT2D eigenvalue weighted by Gasteiger charge is 2.26. The molecular formula is C18H18F2N2O5S. The normalized spacial score (nSPS) is 15.5. The number of nitro benzene ring substituents is 1. The third kappa shape index (κ3) is 4.38. The van der Waals surface area contributed by atoms with Crippen LogP contribution in [0.15, 0.2) is 41.3 Å². The van der Waals surface area contributed by atoms with Crippen molar-refractivity contribution in [1.82, 2.24) is 0 Å². The number of nitro groups is 1. The van der Waals surface area contributed by atoms with Crippen LogP contribution in [0.3, 0.4) is 0 Å². The largest absolute Gasteiger partial charge is 0.487 e. The van der Waals surface area contributed by atoms with E-state index in [0.29, 0.717) is 31.6 Å². The van der Waals surface area contributed by atoms with Gasteiger partial charge in [0, 0.05) is 50.0 Å². The molecule has 1 aliphatic heterocycles. The molecule has 0 aromatic heterocycles. The Hall–Kier alpha value is -2.75. The zero-order chi connectivity index (χ0) is 20.5. The van der Waals surface area contributed by atoms with Gasteiger partial charge in [0.15, 0.2) is 21.4 Å². The Morgan fingerprint density at radius 2 is 1.82 bits per heavy atom. The first-order valence-electron chi connectivity index (χ1n) is 8.50. The summed E-state index contributed by atoms with van der Waals surface area (Å²) in [5.41, 5.74) is 0.0914. The summed E-state index contributed by atoms with van der Waals surface area (Å²) in [5, 5.41) is 11.1. The molecule has 2 aromatic carbocycles. The second kappa shape index (κ2) is 7.70. The zero-order valence-corrected chi connectivity index (χ0v) is 15.8. The van der Waals surface area contributed by atoms with Gasteiger partial charge in [0.05, 0.1) is 4.92 Å². The standard InChI is InChI=1S/C18H18F2N2O5S/c1-28(25,26)18-11-13(3-4-16(18)22(23)24)21-8-6-14(7-9-21)27-17-5-2-12(19)10-15(17)20/h2-5,10-11,14H,6-9H2,1H3. The fourth-order valence-corrected chi connectivity index (χ4v) is 3.99. The number of nitrogens with zero attached hydrogens (tertiary/aromatic N) is 2. The maximum atomic E-state index is 13.7. The van der Waals surface area contributed by atoms with Gasteiger partial charge in [-0.2, -0.15) is 0 Å². The van der Waals surface area contributed by atoms with Crippen LogP contribution in [0.2, 0.25) is 0 Å². The van der Waals surface area contributed by atoms with E-state index in [-0.39, 0.29) is 16.7 Å². The second-order valence-corrected chi connectivity index (χ2v) is 8.54. The number of piperidine rings is 1. The lowest BCUT2D eigenvalue weighted by Gasteiger charge is -2.33. The smallest absolute Gasteiger partial charge is 0.288 e. The number of hydrogen-bond donors (Lipinski definition) is 0. The Balaban J connectivity index is 1.72. The average molecular weight is 412 g/mol. The number of rotatable bonds is 5. The summed E-state index contributed by atoms with van der Waals surface area (Å²) in [6.07, 6.45) is 1.71. The summed E-state index contributed by atoms with van der Waals surface area (Å²) in [5.74, 6) is -1.47. The highest BCUT2D eigenvalue weighted by Crippen LogP contribution is 2.31. The molecule has 0 N–H and O–H groups in total. The lowest BCUT2D eigenvalue weighted by Crippen LogP contribution is -2.38. The van der Waals surface area contributed by atoms with Crippen LogP contribution in [0.1, 0.15) is 12.8 Å². The van der Waals surface area contributed by atoms with E-state index in [4.69, 9.17) is 4.74 Å². The van der Waals surface area contributed by atoms with Crippen LogP contribution >= 0.6 is 0 Å². The number of ether oxygens (including phenoxy) is 1. The van der Waals surface area contributed by atoms with Gasteiger partial charge in [0.25, 0.3) is 5.69 Å². The van der Waals surface area contributed by atoms with Crippen molar-refractivity contribution < 1.29 is 26.9 Å². The van der Waals surface area contributed by atoms with Crippen LogP contribution in [0, 0.1) is 21.7 Å². The van der Waals surface area contributed by atoms with Crippen molar-refractivity contribution in [3.05, 3.63) is 58.1 Å². The monoisotopic (exact) mass is 412 g/mol. The third-order valence-electron chi connectivity index (χ3n) is 4.53. The highest BCUT2D eigenvalue weighted by molar-refractivity contribution is 7.90. The minimum atomic E-state index is -3.76. The molecule has 7 nitrogen and oxygen atoms in total. The van der Waals surface area contributed by atoms with Crippen molar-refractivity contribution in [2.45, 2.75) is 23.8 Å². The molecule has 10 heteroatoms. The van der Waals surface area contributed by atoms with Gasteiger partial charge in [0.2, 0.25) is 0 Å². The lowest BCUT2D eigenvalue weighted by atomic mass is 10.1. The van der Waals surface area contributed by atoms with Crippen LogP contribution < -0.4 is 9.64 Å². The zero-order valence-electron chi connectivity index (χ0n) is 15.0. The Morgan fingerprint density at radius 3 is 2.39 bits per heavy atom. The number of sulfone groups is 1. The molecular weight excluding hydrogens is 394 g/mol. The van der Waals surface area contributed by atoms with Gasteiger partial charge < -0.3 is 9.64 Å². The Morgan fingerprint density at radius 1 is 1.14 bits per heavy atom. The van der Waals surface area contributed by atoms with Gasteiger partial charge in [-0.1, -0.05) is 0 Å². The second-order valence-electron chi connectivity index (χ2n) is 6.56. The summed E-state index contributed by atoms with van der Waals surface area (Å²) in [4.78, 5) is 11.9. The number of hydrogen-bond acceptors (Lipinski definition) is 6. The van der Waals surface area contributed by atoms with Gasteiger partial charge in [-0.05, 0) is 24.3 Å². The van der Waals surface area contributed by atoms with Crippen LogP contribution in [0.5, 0.6) is 5.75 Å². The van der Waals surface area contributed by atoms with Crippen molar-refractivity contribution in [2.24, 2.45) is 0 Å².